The summed E-state index contributed by atoms with van der Waals surface area (Å²) >= 11 is 3.34. The summed E-state index contributed by atoms with van der Waals surface area (Å²) in [5, 5.41) is 6.46. The second-order valence-corrected chi connectivity index (χ2v) is 11.4. The summed E-state index contributed by atoms with van der Waals surface area (Å²) in [4.78, 5) is 40.3. The first kappa shape index (κ1) is 24.2. The number of hydrogen-bond donors (Lipinski definition) is 2. The number of nitrogens with zero attached hydrogens (tertiary/aromatic N) is 2. The molecule has 10 heteroatoms. The van der Waals surface area contributed by atoms with Crippen molar-refractivity contribution in [3.05, 3.63) is 47.1 Å². The van der Waals surface area contributed by atoms with Gasteiger partial charge in [-0.25, -0.2) is 4.79 Å². The van der Waals surface area contributed by atoms with Gasteiger partial charge in [0.2, 0.25) is 0 Å². The summed E-state index contributed by atoms with van der Waals surface area (Å²) in [5.74, 6) is 1.71. The van der Waals surface area contributed by atoms with Gasteiger partial charge in [-0.15, -0.1) is 11.3 Å². The quantitative estimate of drug-likeness (QED) is 0.524. The molecule has 180 valence electrons. The summed E-state index contributed by atoms with van der Waals surface area (Å²) in [6.07, 6.45) is 1.07. The number of benzene rings is 1. The van der Waals surface area contributed by atoms with Crippen molar-refractivity contribution >= 4 is 62.5 Å². The number of aromatic nitrogens is 1. The van der Waals surface area contributed by atoms with Gasteiger partial charge in [-0.3, -0.25) is 14.9 Å². The third kappa shape index (κ3) is 5.74. The Kier molecular flexibility index (Phi) is 6.90. The van der Waals surface area contributed by atoms with Gasteiger partial charge in [0.1, 0.15) is 11.3 Å². The Morgan fingerprint density at radius 2 is 1.74 bits per heavy atom. The van der Waals surface area contributed by atoms with Gasteiger partial charge in [-0.05, 0) is 56.5 Å². The number of amides is 3. The topological polar surface area (TPSA) is 92.7 Å². The van der Waals surface area contributed by atoms with Gasteiger partial charge in [-0.2, -0.15) is 11.8 Å². The van der Waals surface area contributed by atoms with Gasteiger partial charge in [0.15, 0.2) is 0 Å². The van der Waals surface area contributed by atoms with Crippen LogP contribution in [0.1, 0.15) is 40.9 Å². The highest BCUT2D eigenvalue weighted by atomic mass is 32.2. The van der Waals surface area contributed by atoms with E-state index in [2.05, 4.69) is 10.6 Å². The molecule has 3 heterocycles. The Labute approximate surface area is 206 Å². The van der Waals surface area contributed by atoms with E-state index < -0.39 is 11.7 Å². The standard InChI is InChI=1S/C24H28N4O4S2/c1-24(2,3)32-23(31)26-17-13-18(27(4)14-17)21(29)25-16-5-6-19-15(11-16)12-20(34-19)22(30)28-7-9-33-10-8-28/h5-6,11-14H,7-10H2,1-4H3,(H,25,29)(H,26,31). The Bertz CT molecular complexity index is 1240. The molecule has 2 aromatic heterocycles. The number of thioether (sulfide) groups is 1. The fraction of sp³-hybridized carbons (Fsp3) is 0.375. The molecule has 2 N–H and O–H groups in total. The van der Waals surface area contributed by atoms with Crippen molar-refractivity contribution in [2.24, 2.45) is 7.05 Å². The first-order chi connectivity index (χ1) is 16.1. The number of rotatable bonds is 4. The molecule has 0 spiro atoms. The lowest BCUT2D eigenvalue weighted by molar-refractivity contribution is 0.0635. The fourth-order valence-corrected chi connectivity index (χ4v) is 5.54. The minimum Gasteiger partial charge on any atom is -0.444 e. The van der Waals surface area contributed by atoms with Gasteiger partial charge in [0.05, 0.1) is 10.6 Å². The third-order valence-electron chi connectivity index (χ3n) is 5.17. The number of fused-ring (bicyclic) bond motifs is 1. The molecule has 8 nitrogen and oxygen atoms in total. The van der Waals surface area contributed by atoms with E-state index in [4.69, 9.17) is 4.74 Å². The van der Waals surface area contributed by atoms with E-state index in [-0.39, 0.29) is 11.8 Å². The van der Waals surface area contributed by atoms with Crippen LogP contribution < -0.4 is 10.6 Å². The van der Waals surface area contributed by atoms with Crippen LogP contribution in [-0.2, 0) is 11.8 Å². The summed E-state index contributed by atoms with van der Waals surface area (Å²) in [7, 11) is 1.73. The van der Waals surface area contributed by atoms with Crippen molar-refractivity contribution in [2.45, 2.75) is 26.4 Å². The number of nitrogens with one attached hydrogen (secondary N) is 2. The lowest BCUT2D eigenvalue weighted by atomic mass is 10.2. The molecule has 1 aliphatic heterocycles. The number of ether oxygens (including phenoxy) is 1. The Hall–Kier alpha value is -2.98. The normalized spacial score (nSPS) is 14.2. The van der Waals surface area contributed by atoms with Crippen LogP contribution in [0.25, 0.3) is 10.1 Å². The Morgan fingerprint density at radius 1 is 1.00 bits per heavy atom. The van der Waals surface area contributed by atoms with Gasteiger partial charge in [0.25, 0.3) is 11.8 Å². The second-order valence-electron chi connectivity index (χ2n) is 9.07. The summed E-state index contributed by atoms with van der Waals surface area (Å²) in [6.45, 7) is 6.91. The van der Waals surface area contributed by atoms with Gasteiger partial charge in [0, 0.05) is 48.2 Å². The van der Waals surface area contributed by atoms with Crippen LogP contribution in [0, 0.1) is 0 Å². The summed E-state index contributed by atoms with van der Waals surface area (Å²) in [6, 6.07) is 9.10. The van der Waals surface area contributed by atoms with Gasteiger partial charge < -0.3 is 19.5 Å². The molecule has 34 heavy (non-hydrogen) atoms. The van der Waals surface area contributed by atoms with E-state index in [0.717, 1.165) is 34.7 Å². The molecule has 4 rings (SSSR count). The van der Waals surface area contributed by atoms with E-state index in [1.807, 2.05) is 40.9 Å². The predicted molar refractivity (Wildman–Crippen MR) is 138 cm³/mol. The van der Waals surface area contributed by atoms with Crippen LogP contribution in [-0.4, -0.2) is 57.6 Å². The van der Waals surface area contributed by atoms with E-state index in [1.165, 1.54) is 11.3 Å². The smallest absolute Gasteiger partial charge is 0.412 e. The molecule has 0 saturated carbocycles. The maximum Gasteiger partial charge on any atom is 0.412 e. The minimum atomic E-state index is -0.614. The molecule has 1 fully saturated rings. The zero-order chi connectivity index (χ0) is 24.5. The van der Waals surface area contributed by atoms with Gasteiger partial charge in [-0.1, -0.05) is 0 Å². The highest BCUT2D eigenvalue weighted by Gasteiger charge is 2.21. The van der Waals surface area contributed by atoms with Crippen LogP contribution in [0.2, 0.25) is 0 Å². The molecule has 1 aliphatic rings. The largest absolute Gasteiger partial charge is 0.444 e. The zero-order valence-electron chi connectivity index (χ0n) is 19.6. The predicted octanol–water partition coefficient (Wildman–Crippen LogP) is 5.03. The van der Waals surface area contributed by atoms with Crippen molar-refractivity contribution in [2.75, 3.05) is 35.2 Å². The number of carbonyl (C=O) groups is 3. The van der Waals surface area contributed by atoms with E-state index in [9.17, 15) is 14.4 Å². The molecular formula is C24H28N4O4S2. The molecule has 0 aliphatic carbocycles. The van der Waals surface area contributed by atoms with Crippen molar-refractivity contribution < 1.29 is 19.1 Å². The molecular weight excluding hydrogens is 472 g/mol. The molecule has 0 atom stereocenters. The van der Waals surface area contributed by atoms with E-state index in [1.54, 1.807) is 44.6 Å². The molecule has 3 aromatic rings. The Morgan fingerprint density at radius 3 is 2.44 bits per heavy atom. The van der Waals surface area contributed by atoms with Crippen molar-refractivity contribution in [1.29, 1.82) is 0 Å². The lowest BCUT2D eigenvalue weighted by Gasteiger charge is -2.25. The number of hydrogen-bond acceptors (Lipinski definition) is 6. The van der Waals surface area contributed by atoms with Crippen LogP contribution in [0.5, 0.6) is 0 Å². The fourth-order valence-electron chi connectivity index (χ4n) is 3.62. The second kappa shape index (κ2) is 9.71. The molecule has 0 radical (unpaired) electrons. The summed E-state index contributed by atoms with van der Waals surface area (Å²) < 4.78 is 7.89. The maximum atomic E-state index is 12.9. The zero-order valence-corrected chi connectivity index (χ0v) is 21.3. The van der Waals surface area contributed by atoms with Crippen molar-refractivity contribution in [1.82, 2.24) is 9.47 Å². The van der Waals surface area contributed by atoms with Crippen LogP contribution in [0.3, 0.4) is 0 Å². The molecule has 1 saturated heterocycles. The van der Waals surface area contributed by atoms with Crippen LogP contribution in [0.4, 0.5) is 16.2 Å². The average molecular weight is 501 g/mol. The van der Waals surface area contributed by atoms with Crippen LogP contribution in [0.15, 0.2) is 36.5 Å². The van der Waals surface area contributed by atoms with Crippen molar-refractivity contribution in [3.8, 4) is 0 Å². The molecule has 3 amide bonds. The summed E-state index contributed by atoms with van der Waals surface area (Å²) in [5.41, 5.74) is 0.868. The first-order valence-corrected chi connectivity index (χ1v) is 12.9. The minimum absolute atomic E-state index is 0.0703. The molecule has 0 bridgehead atoms. The first-order valence-electron chi connectivity index (χ1n) is 11.0. The number of thiophene rings is 1. The monoisotopic (exact) mass is 500 g/mol. The highest BCUT2D eigenvalue weighted by molar-refractivity contribution is 7.99. The van der Waals surface area contributed by atoms with Crippen LogP contribution >= 0.6 is 23.1 Å². The maximum absolute atomic E-state index is 12.9. The molecule has 0 unspecified atom stereocenters. The number of carbonyl (C=O) groups excluding carboxylic acids is 3. The highest BCUT2D eigenvalue weighted by Crippen LogP contribution is 2.30. The number of anilines is 2. The lowest BCUT2D eigenvalue weighted by Crippen LogP contribution is -2.37. The number of aryl methyl sites for hydroxylation is 1. The molecule has 1 aromatic carbocycles. The SMILES string of the molecule is Cn1cc(NC(=O)OC(C)(C)C)cc1C(=O)Nc1ccc2sc(C(=O)N3CCSCC3)cc2c1. The Balaban J connectivity index is 1.45. The van der Waals surface area contributed by atoms with E-state index >= 15 is 0 Å². The third-order valence-corrected chi connectivity index (χ3v) is 7.21. The average Bonchev–Trinajstić information content (AvgIpc) is 3.35. The van der Waals surface area contributed by atoms with Gasteiger partial charge >= 0.3 is 6.09 Å². The van der Waals surface area contributed by atoms with E-state index in [0.29, 0.717) is 21.9 Å². The van der Waals surface area contributed by atoms with Crippen molar-refractivity contribution in [3.63, 3.8) is 0 Å².